The van der Waals surface area contributed by atoms with E-state index >= 15 is 0 Å². The van der Waals surface area contributed by atoms with Gasteiger partial charge >= 0.3 is 0 Å². The molecule has 13 heavy (non-hydrogen) atoms. The zero-order chi connectivity index (χ0) is 9.84. The molecule has 0 amide bonds. The maximum Gasteiger partial charge on any atom is 0.0394 e. The van der Waals surface area contributed by atoms with Crippen LogP contribution >= 0.6 is 0 Å². The second kappa shape index (κ2) is 4.28. The fourth-order valence-electron chi connectivity index (χ4n) is 1.47. The van der Waals surface area contributed by atoms with Crippen LogP contribution in [0.2, 0.25) is 0 Å². The molecule has 0 saturated heterocycles. The highest BCUT2D eigenvalue weighted by Crippen LogP contribution is 2.18. The lowest BCUT2D eigenvalue weighted by molar-refractivity contribution is 0.737. The highest BCUT2D eigenvalue weighted by molar-refractivity contribution is 5.52. The average molecular weight is 178 g/mol. The van der Waals surface area contributed by atoms with Crippen LogP contribution < -0.4 is 10.6 Å². The highest BCUT2D eigenvalue weighted by atomic mass is 15.1. The number of nitrogens with zero attached hydrogens (tertiary/aromatic N) is 1. The zero-order valence-electron chi connectivity index (χ0n) is 8.62. The third-order valence-corrected chi connectivity index (χ3v) is 2.02. The SMILES string of the molecule is C[C@H](N)Cc1ccccc1N(C)C. The van der Waals surface area contributed by atoms with Crippen molar-refractivity contribution < 1.29 is 0 Å². The van der Waals surface area contributed by atoms with Gasteiger partial charge in [-0.1, -0.05) is 18.2 Å². The van der Waals surface area contributed by atoms with Crippen LogP contribution in [-0.2, 0) is 6.42 Å². The van der Waals surface area contributed by atoms with Crippen molar-refractivity contribution in [2.45, 2.75) is 19.4 Å². The minimum absolute atomic E-state index is 0.223. The van der Waals surface area contributed by atoms with Gasteiger partial charge < -0.3 is 10.6 Å². The first-order valence-corrected chi connectivity index (χ1v) is 4.62. The summed E-state index contributed by atoms with van der Waals surface area (Å²) in [6, 6.07) is 8.60. The van der Waals surface area contributed by atoms with Crippen LogP contribution in [0.25, 0.3) is 0 Å². The van der Waals surface area contributed by atoms with E-state index in [2.05, 4.69) is 43.3 Å². The van der Waals surface area contributed by atoms with Crippen molar-refractivity contribution in [3.63, 3.8) is 0 Å². The van der Waals surface area contributed by atoms with E-state index in [0.29, 0.717) is 0 Å². The Balaban J connectivity index is 2.91. The normalized spacial score (nSPS) is 12.6. The quantitative estimate of drug-likeness (QED) is 0.762. The lowest BCUT2D eigenvalue weighted by Gasteiger charge is -2.18. The Kier molecular flexibility index (Phi) is 3.32. The molecule has 2 heteroatoms. The Morgan fingerprint density at radius 1 is 1.31 bits per heavy atom. The standard InChI is InChI=1S/C11H18N2/c1-9(12)8-10-6-4-5-7-11(10)13(2)3/h4-7,9H,8,12H2,1-3H3/t9-/m0/s1. The van der Waals surface area contributed by atoms with Gasteiger partial charge in [-0.05, 0) is 25.0 Å². The molecule has 1 atom stereocenters. The summed E-state index contributed by atoms with van der Waals surface area (Å²) >= 11 is 0. The van der Waals surface area contributed by atoms with Crippen LogP contribution in [0.3, 0.4) is 0 Å². The van der Waals surface area contributed by atoms with Crippen LogP contribution in [0.5, 0.6) is 0 Å². The summed E-state index contributed by atoms with van der Waals surface area (Å²) in [5, 5.41) is 0. The van der Waals surface area contributed by atoms with E-state index in [1.165, 1.54) is 11.3 Å². The van der Waals surface area contributed by atoms with Gasteiger partial charge in [-0.3, -0.25) is 0 Å². The van der Waals surface area contributed by atoms with Crippen molar-refractivity contribution in [3.8, 4) is 0 Å². The Bertz CT molecular complexity index is 267. The van der Waals surface area contributed by atoms with Crippen molar-refractivity contribution >= 4 is 5.69 Å². The molecule has 0 spiro atoms. The molecular formula is C11H18N2. The van der Waals surface area contributed by atoms with E-state index in [4.69, 9.17) is 5.73 Å². The van der Waals surface area contributed by atoms with Crippen molar-refractivity contribution in [1.29, 1.82) is 0 Å². The Hall–Kier alpha value is -1.02. The highest BCUT2D eigenvalue weighted by Gasteiger charge is 2.04. The maximum atomic E-state index is 5.77. The second-order valence-electron chi connectivity index (χ2n) is 3.70. The summed E-state index contributed by atoms with van der Waals surface area (Å²) in [6.45, 7) is 2.03. The number of anilines is 1. The molecule has 0 aliphatic carbocycles. The van der Waals surface area contributed by atoms with Crippen molar-refractivity contribution in [2.75, 3.05) is 19.0 Å². The molecule has 0 aliphatic rings. The monoisotopic (exact) mass is 178 g/mol. The number of nitrogens with two attached hydrogens (primary N) is 1. The molecule has 0 unspecified atom stereocenters. The van der Waals surface area contributed by atoms with E-state index < -0.39 is 0 Å². The first kappa shape index (κ1) is 10.1. The predicted molar refractivity (Wildman–Crippen MR) is 58.1 cm³/mol. The summed E-state index contributed by atoms with van der Waals surface area (Å²) in [6.07, 6.45) is 0.939. The Labute approximate surface area is 80.4 Å². The zero-order valence-corrected chi connectivity index (χ0v) is 8.62. The molecule has 1 aromatic rings. The molecule has 0 heterocycles. The first-order valence-electron chi connectivity index (χ1n) is 4.62. The fraction of sp³-hybridized carbons (Fsp3) is 0.455. The van der Waals surface area contributed by atoms with Crippen LogP contribution in [0.4, 0.5) is 5.69 Å². The lowest BCUT2D eigenvalue weighted by atomic mass is 10.1. The average Bonchev–Trinajstić information content (AvgIpc) is 2.03. The Morgan fingerprint density at radius 3 is 2.46 bits per heavy atom. The summed E-state index contributed by atoms with van der Waals surface area (Å²) in [5.41, 5.74) is 8.36. The minimum atomic E-state index is 0.223. The van der Waals surface area contributed by atoms with E-state index in [1.54, 1.807) is 0 Å². The number of rotatable bonds is 3. The van der Waals surface area contributed by atoms with Crippen molar-refractivity contribution in [1.82, 2.24) is 0 Å². The van der Waals surface area contributed by atoms with Gasteiger partial charge in [0, 0.05) is 25.8 Å². The lowest BCUT2D eigenvalue weighted by Crippen LogP contribution is -2.20. The first-order chi connectivity index (χ1) is 6.11. The van der Waals surface area contributed by atoms with Crippen LogP contribution in [-0.4, -0.2) is 20.1 Å². The molecule has 72 valence electrons. The minimum Gasteiger partial charge on any atom is -0.377 e. The second-order valence-corrected chi connectivity index (χ2v) is 3.70. The topological polar surface area (TPSA) is 29.3 Å². The van der Waals surface area contributed by atoms with Crippen LogP contribution in [0, 0.1) is 0 Å². The summed E-state index contributed by atoms with van der Waals surface area (Å²) < 4.78 is 0. The summed E-state index contributed by atoms with van der Waals surface area (Å²) in [4.78, 5) is 2.12. The van der Waals surface area contributed by atoms with Gasteiger partial charge in [0.2, 0.25) is 0 Å². The smallest absolute Gasteiger partial charge is 0.0394 e. The summed E-state index contributed by atoms with van der Waals surface area (Å²) in [7, 11) is 4.11. The van der Waals surface area contributed by atoms with Gasteiger partial charge in [0.25, 0.3) is 0 Å². The molecule has 0 bridgehead atoms. The number of hydrogen-bond donors (Lipinski definition) is 1. The molecule has 0 radical (unpaired) electrons. The van der Waals surface area contributed by atoms with Gasteiger partial charge in [-0.2, -0.15) is 0 Å². The predicted octanol–water partition coefficient (Wildman–Crippen LogP) is 1.64. The molecule has 0 saturated carbocycles. The fourth-order valence-corrected chi connectivity index (χ4v) is 1.47. The van der Waals surface area contributed by atoms with Crippen LogP contribution in [0.1, 0.15) is 12.5 Å². The molecule has 0 fully saturated rings. The molecule has 0 aromatic heterocycles. The van der Waals surface area contributed by atoms with Gasteiger partial charge in [-0.15, -0.1) is 0 Å². The molecule has 0 aliphatic heterocycles. The maximum absolute atomic E-state index is 5.77. The largest absolute Gasteiger partial charge is 0.377 e. The number of benzene rings is 1. The third kappa shape index (κ3) is 2.74. The van der Waals surface area contributed by atoms with Crippen LogP contribution in [0.15, 0.2) is 24.3 Å². The molecule has 2 N–H and O–H groups in total. The van der Waals surface area contributed by atoms with Gasteiger partial charge in [0.1, 0.15) is 0 Å². The molecule has 1 aromatic carbocycles. The molecule has 1 rings (SSSR count). The van der Waals surface area contributed by atoms with E-state index in [-0.39, 0.29) is 6.04 Å². The summed E-state index contributed by atoms with van der Waals surface area (Å²) in [5.74, 6) is 0. The third-order valence-electron chi connectivity index (χ3n) is 2.02. The van der Waals surface area contributed by atoms with Gasteiger partial charge in [-0.25, -0.2) is 0 Å². The van der Waals surface area contributed by atoms with Crippen molar-refractivity contribution in [3.05, 3.63) is 29.8 Å². The Morgan fingerprint density at radius 2 is 1.92 bits per heavy atom. The number of hydrogen-bond acceptors (Lipinski definition) is 2. The van der Waals surface area contributed by atoms with Crippen molar-refractivity contribution in [2.24, 2.45) is 5.73 Å². The molecular weight excluding hydrogens is 160 g/mol. The van der Waals surface area contributed by atoms with E-state index in [1.807, 2.05) is 6.92 Å². The van der Waals surface area contributed by atoms with Gasteiger partial charge in [0.15, 0.2) is 0 Å². The number of para-hydroxylation sites is 1. The van der Waals surface area contributed by atoms with E-state index in [9.17, 15) is 0 Å². The van der Waals surface area contributed by atoms with Gasteiger partial charge in [0.05, 0.1) is 0 Å². The molecule has 2 nitrogen and oxygen atoms in total. The van der Waals surface area contributed by atoms with E-state index in [0.717, 1.165) is 6.42 Å².